The molecule has 0 heterocycles. The number of sulfone groups is 1. The Morgan fingerprint density at radius 3 is 2.20 bits per heavy atom. The summed E-state index contributed by atoms with van der Waals surface area (Å²) in [6, 6.07) is 0.287. The van der Waals surface area contributed by atoms with E-state index in [1.165, 1.54) is 0 Å². The fraction of sp³-hybridized carbons (Fsp3) is 0.143. The summed E-state index contributed by atoms with van der Waals surface area (Å²) in [4.78, 5) is 0.883. The summed E-state index contributed by atoms with van der Waals surface area (Å²) in [6.45, 7) is 0. The van der Waals surface area contributed by atoms with Crippen LogP contribution in [0.3, 0.4) is 0 Å². The van der Waals surface area contributed by atoms with Gasteiger partial charge in [0, 0.05) is 6.26 Å². The predicted molar refractivity (Wildman–Crippen MR) is 44.2 cm³/mol. The summed E-state index contributed by atoms with van der Waals surface area (Å²) in [5.41, 5.74) is -1.00. The van der Waals surface area contributed by atoms with Crippen molar-refractivity contribution in [2.75, 3.05) is 6.26 Å². The second-order valence-corrected chi connectivity index (χ2v) is 4.66. The molecule has 0 aliphatic heterocycles. The van der Waals surface area contributed by atoms with Gasteiger partial charge in [-0.2, -0.15) is 4.39 Å². The Kier molecular flexibility index (Phi) is 2.68. The molecule has 1 aromatic rings. The molecule has 0 aromatic heterocycles. The van der Waals surface area contributed by atoms with E-state index in [9.17, 15) is 21.6 Å². The standard InChI is InChI=1S/C7H4F3N2O2S/c1-15(13,14)7-3(8)2-4(12-11)5(9)6(7)10/h2H,1H3/q+1. The van der Waals surface area contributed by atoms with E-state index in [0.717, 1.165) is 0 Å². The zero-order valence-electron chi connectivity index (χ0n) is 7.33. The lowest BCUT2D eigenvalue weighted by molar-refractivity contribution is 0.463. The van der Waals surface area contributed by atoms with E-state index in [1.54, 1.807) is 0 Å². The lowest BCUT2D eigenvalue weighted by atomic mass is 10.3. The molecule has 0 N–H and O–H groups in total. The van der Waals surface area contributed by atoms with Crippen molar-refractivity contribution in [3.63, 3.8) is 0 Å². The fourth-order valence-electron chi connectivity index (χ4n) is 0.979. The average molecular weight is 237 g/mol. The van der Waals surface area contributed by atoms with Gasteiger partial charge < -0.3 is 0 Å². The van der Waals surface area contributed by atoms with E-state index >= 15 is 0 Å². The summed E-state index contributed by atoms with van der Waals surface area (Å²) in [5, 5.41) is 8.16. The highest BCUT2D eigenvalue weighted by molar-refractivity contribution is 7.90. The van der Waals surface area contributed by atoms with Gasteiger partial charge in [-0.3, -0.25) is 0 Å². The van der Waals surface area contributed by atoms with Crippen LogP contribution in [-0.4, -0.2) is 14.7 Å². The predicted octanol–water partition coefficient (Wildman–Crippen LogP) is 1.99. The maximum atomic E-state index is 13.0. The minimum absolute atomic E-state index is 0.287. The Balaban J connectivity index is 3.75. The van der Waals surface area contributed by atoms with Crippen LogP contribution < -0.4 is 0 Å². The Morgan fingerprint density at radius 2 is 1.80 bits per heavy atom. The number of nitrogens with zero attached hydrogens (tertiary/aromatic N) is 2. The molecule has 0 atom stereocenters. The molecule has 4 nitrogen and oxygen atoms in total. The second kappa shape index (κ2) is 3.51. The zero-order valence-corrected chi connectivity index (χ0v) is 8.15. The Labute approximate surface area is 82.9 Å². The molecule has 0 aliphatic carbocycles. The van der Waals surface area contributed by atoms with Crippen molar-refractivity contribution < 1.29 is 21.6 Å². The van der Waals surface area contributed by atoms with Gasteiger partial charge >= 0.3 is 5.69 Å². The first-order chi connectivity index (χ1) is 6.79. The molecule has 0 saturated heterocycles. The van der Waals surface area contributed by atoms with Crippen molar-refractivity contribution in [2.45, 2.75) is 4.90 Å². The van der Waals surface area contributed by atoms with Gasteiger partial charge in [-0.15, -0.1) is 0 Å². The lowest BCUT2D eigenvalue weighted by Gasteiger charge is -2.00. The van der Waals surface area contributed by atoms with Gasteiger partial charge in [0.25, 0.3) is 5.82 Å². The van der Waals surface area contributed by atoms with Gasteiger partial charge in [0.05, 0.1) is 6.07 Å². The van der Waals surface area contributed by atoms with Gasteiger partial charge in [0.2, 0.25) is 5.39 Å². The largest absolute Gasteiger partial charge is 0.426 e. The number of halogens is 3. The van der Waals surface area contributed by atoms with Crippen molar-refractivity contribution in [3.8, 4) is 0 Å². The van der Waals surface area contributed by atoms with Crippen LogP contribution in [0.2, 0.25) is 0 Å². The summed E-state index contributed by atoms with van der Waals surface area (Å²) < 4.78 is 60.7. The Bertz CT molecular complexity index is 563. The monoisotopic (exact) mass is 237 g/mol. The van der Waals surface area contributed by atoms with Crippen molar-refractivity contribution in [3.05, 3.63) is 28.5 Å². The van der Waals surface area contributed by atoms with Gasteiger partial charge in [-0.25, -0.2) is 17.2 Å². The fourth-order valence-corrected chi connectivity index (χ4v) is 1.81. The van der Waals surface area contributed by atoms with Crippen LogP contribution in [0.1, 0.15) is 0 Å². The van der Waals surface area contributed by atoms with Crippen LogP contribution in [0.4, 0.5) is 18.9 Å². The van der Waals surface area contributed by atoms with Gasteiger partial charge in [0.15, 0.2) is 26.4 Å². The molecule has 0 spiro atoms. The first-order valence-electron chi connectivity index (χ1n) is 3.51. The molecular formula is C7H4F3N2O2S+. The van der Waals surface area contributed by atoms with Crippen molar-refractivity contribution in [1.82, 2.24) is 0 Å². The molecule has 0 bridgehead atoms. The molecule has 0 saturated carbocycles. The smallest absolute Gasteiger partial charge is 0.224 e. The van der Waals surface area contributed by atoms with Crippen LogP contribution in [0.15, 0.2) is 11.0 Å². The highest BCUT2D eigenvalue weighted by Gasteiger charge is 2.30. The first kappa shape index (κ1) is 11.5. The minimum atomic E-state index is -4.22. The maximum absolute atomic E-state index is 13.0. The molecular weight excluding hydrogens is 233 g/mol. The summed E-state index contributed by atoms with van der Waals surface area (Å²) in [5.74, 6) is -5.13. The molecule has 0 unspecified atom stereocenters. The highest BCUT2D eigenvalue weighted by atomic mass is 32.2. The molecule has 0 aliphatic rings. The average Bonchev–Trinajstić information content (AvgIpc) is 2.09. The zero-order chi connectivity index (χ0) is 11.8. The summed E-state index contributed by atoms with van der Waals surface area (Å²) >= 11 is 0. The van der Waals surface area contributed by atoms with E-state index in [1.807, 2.05) is 0 Å². The van der Waals surface area contributed by atoms with E-state index in [2.05, 4.69) is 4.98 Å². The molecule has 80 valence electrons. The summed E-state index contributed by atoms with van der Waals surface area (Å²) in [7, 11) is -4.22. The van der Waals surface area contributed by atoms with Crippen LogP contribution in [0.5, 0.6) is 0 Å². The van der Waals surface area contributed by atoms with Crippen LogP contribution in [-0.2, 0) is 9.84 Å². The normalized spacial score (nSPS) is 11.1. The Hall–Kier alpha value is -1.62. The Morgan fingerprint density at radius 1 is 1.27 bits per heavy atom. The number of hydrogen-bond acceptors (Lipinski definition) is 3. The number of rotatable bonds is 1. The van der Waals surface area contributed by atoms with Crippen molar-refractivity contribution >= 4 is 15.5 Å². The molecule has 15 heavy (non-hydrogen) atoms. The summed E-state index contributed by atoms with van der Waals surface area (Å²) in [6.07, 6.45) is 0.531. The SMILES string of the molecule is CS(=O)(=O)c1c(F)cc([N+]#N)c(F)c1F. The number of diazo groups is 1. The third-order valence-corrected chi connectivity index (χ3v) is 2.69. The molecule has 1 rings (SSSR count). The van der Waals surface area contributed by atoms with E-state index in [4.69, 9.17) is 5.39 Å². The van der Waals surface area contributed by atoms with Gasteiger partial charge in [0.1, 0.15) is 4.90 Å². The molecule has 0 amide bonds. The highest BCUT2D eigenvalue weighted by Crippen LogP contribution is 2.28. The van der Waals surface area contributed by atoms with Crippen LogP contribution in [0.25, 0.3) is 4.98 Å². The molecule has 0 fully saturated rings. The quantitative estimate of drug-likeness (QED) is 0.554. The minimum Gasteiger partial charge on any atom is -0.224 e. The van der Waals surface area contributed by atoms with Crippen LogP contribution >= 0.6 is 0 Å². The molecule has 8 heteroatoms. The number of hydrogen-bond donors (Lipinski definition) is 0. The van der Waals surface area contributed by atoms with Crippen molar-refractivity contribution in [1.29, 1.82) is 5.39 Å². The third-order valence-electron chi connectivity index (χ3n) is 1.58. The molecule has 0 radical (unpaired) electrons. The number of benzene rings is 1. The second-order valence-electron chi connectivity index (χ2n) is 2.71. The van der Waals surface area contributed by atoms with Gasteiger partial charge in [-0.05, 0) is 0 Å². The van der Waals surface area contributed by atoms with E-state index in [0.29, 0.717) is 6.26 Å². The van der Waals surface area contributed by atoms with E-state index < -0.39 is 37.9 Å². The maximum Gasteiger partial charge on any atom is 0.426 e. The van der Waals surface area contributed by atoms with Crippen molar-refractivity contribution in [2.24, 2.45) is 0 Å². The van der Waals surface area contributed by atoms with E-state index in [-0.39, 0.29) is 6.07 Å². The lowest BCUT2D eigenvalue weighted by Crippen LogP contribution is -2.06. The third kappa shape index (κ3) is 1.92. The van der Waals surface area contributed by atoms with Crippen LogP contribution in [0, 0.1) is 22.8 Å². The molecule has 1 aromatic carbocycles. The van der Waals surface area contributed by atoms with Gasteiger partial charge in [-0.1, -0.05) is 0 Å². The first-order valence-corrected chi connectivity index (χ1v) is 5.41. The topological polar surface area (TPSA) is 62.3 Å².